The number of esters is 1. The molecular weight excluding hydrogens is 204 g/mol. The fourth-order valence-electron chi connectivity index (χ4n) is 1.20. The van der Waals surface area contributed by atoms with Crippen LogP contribution >= 0.6 is 0 Å². The van der Waals surface area contributed by atoms with Crippen molar-refractivity contribution in [1.82, 2.24) is 0 Å². The third kappa shape index (κ3) is 4.17. The summed E-state index contributed by atoms with van der Waals surface area (Å²) in [5.41, 5.74) is 0.941. The summed E-state index contributed by atoms with van der Waals surface area (Å²) in [6, 6.07) is 7.52. The zero-order chi connectivity index (χ0) is 11.8. The summed E-state index contributed by atoms with van der Waals surface area (Å²) in [7, 11) is 0. The average Bonchev–Trinajstić information content (AvgIpc) is 2.29. The smallest absolute Gasteiger partial charge is 0.330 e. The Morgan fingerprint density at radius 3 is 2.44 bits per heavy atom. The largest absolute Gasteiger partial charge is 0.494 e. The molecule has 0 bridgehead atoms. The Balaban J connectivity index is 2.57. The predicted octanol–water partition coefficient (Wildman–Crippen LogP) is 2.66. The molecule has 0 aliphatic carbocycles. The highest BCUT2D eigenvalue weighted by molar-refractivity contribution is 5.87. The lowest BCUT2D eigenvalue weighted by molar-refractivity contribution is -0.137. The van der Waals surface area contributed by atoms with Gasteiger partial charge < -0.3 is 9.47 Å². The fourth-order valence-corrected chi connectivity index (χ4v) is 1.20. The number of hydrogen-bond donors (Lipinski definition) is 0. The topological polar surface area (TPSA) is 35.5 Å². The molecule has 0 saturated heterocycles. The van der Waals surface area contributed by atoms with E-state index < -0.39 is 0 Å². The molecule has 0 spiro atoms. The van der Waals surface area contributed by atoms with E-state index in [0.717, 1.165) is 11.3 Å². The second-order valence-electron chi connectivity index (χ2n) is 3.09. The van der Waals surface area contributed by atoms with Crippen molar-refractivity contribution in [1.29, 1.82) is 0 Å². The molecular formula is C13H16O3. The van der Waals surface area contributed by atoms with Crippen LogP contribution in [0.5, 0.6) is 5.75 Å². The summed E-state index contributed by atoms with van der Waals surface area (Å²) in [5.74, 6) is 0.507. The molecule has 0 aliphatic rings. The molecule has 0 saturated carbocycles. The second kappa shape index (κ2) is 6.67. The minimum absolute atomic E-state index is 0.323. The normalized spacial score (nSPS) is 10.4. The third-order valence-corrected chi connectivity index (χ3v) is 1.89. The highest BCUT2D eigenvalue weighted by Crippen LogP contribution is 2.12. The van der Waals surface area contributed by atoms with Crippen LogP contribution < -0.4 is 4.74 Å². The van der Waals surface area contributed by atoms with Gasteiger partial charge in [-0.1, -0.05) is 12.1 Å². The second-order valence-corrected chi connectivity index (χ2v) is 3.09. The SMILES string of the molecule is CCOC(=O)/C=C\c1ccc(OCC)cc1. The molecule has 0 amide bonds. The van der Waals surface area contributed by atoms with Gasteiger partial charge in [0.15, 0.2) is 0 Å². The van der Waals surface area contributed by atoms with Crippen LogP contribution in [0.25, 0.3) is 6.08 Å². The molecule has 0 atom stereocenters. The summed E-state index contributed by atoms with van der Waals surface area (Å²) in [6.45, 7) is 4.77. The molecule has 0 fully saturated rings. The van der Waals surface area contributed by atoms with Gasteiger partial charge in [0.05, 0.1) is 13.2 Å². The number of carbonyl (C=O) groups excluding carboxylic acids is 1. The predicted molar refractivity (Wildman–Crippen MR) is 63.3 cm³/mol. The highest BCUT2D eigenvalue weighted by atomic mass is 16.5. The van der Waals surface area contributed by atoms with Gasteiger partial charge in [0.25, 0.3) is 0 Å². The van der Waals surface area contributed by atoms with E-state index in [-0.39, 0.29) is 5.97 Å². The molecule has 1 aromatic rings. The van der Waals surface area contributed by atoms with Crippen molar-refractivity contribution in [3.05, 3.63) is 35.9 Å². The molecule has 86 valence electrons. The quantitative estimate of drug-likeness (QED) is 0.565. The van der Waals surface area contributed by atoms with Crippen molar-refractivity contribution >= 4 is 12.0 Å². The molecule has 16 heavy (non-hydrogen) atoms. The van der Waals surface area contributed by atoms with Crippen LogP contribution in [-0.4, -0.2) is 19.2 Å². The first-order chi connectivity index (χ1) is 7.76. The fraction of sp³-hybridized carbons (Fsp3) is 0.308. The number of rotatable bonds is 5. The van der Waals surface area contributed by atoms with Gasteiger partial charge in [-0.25, -0.2) is 4.79 Å². The van der Waals surface area contributed by atoms with Gasteiger partial charge in [0.1, 0.15) is 5.75 Å². The lowest BCUT2D eigenvalue weighted by Crippen LogP contribution is -1.98. The molecule has 1 aromatic carbocycles. The Morgan fingerprint density at radius 1 is 1.19 bits per heavy atom. The Kier molecular flexibility index (Phi) is 5.12. The summed E-state index contributed by atoms with van der Waals surface area (Å²) >= 11 is 0. The molecule has 0 radical (unpaired) electrons. The van der Waals surface area contributed by atoms with Gasteiger partial charge in [-0.05, 0) is 37.6 Å². The van der Waals surface area contributed by atoms with Crippen molar-refractivity contribution in [2.75, 3.05) is 13.2 Å². The number of ether oxygens (including phenoxy) is 2. The maximum Gasteiger partial charge on any atom is 0.330 e. The summed E-state index contributed by atoms with van der Waals surface area (Å²) < 4.78 is 10.1. The first-order valence-corrected chi connectivity index (χ1v) is 5.34. The standard InChI is InChI=1S/C13H16O3/c1-3-15-12-8-5-11(6-9-12)7-10-13(14)16-4-2/h5-10H,3-4H2,1-2H3/b10-7-. The van der Waals surface area contributed by atoms with Crippen LogP contribution in [0, 0.1) is 0 Å². The van der Waals surface area contributed by atoms with Crippen LogP contribution in [0.3, 0.4) is 0 Å². The molecule has 1 rings (SSSR count). The molecule has 0 aliphatic heterocycles. The van der Waals surface area contributed by atoms with Gasteiger partial charge >= 0.3 is 5.97 Å². The van der Waals surface area contributed by atoms with Crippen LogP contribution in [0.15, 0.2) is 30.3 Å². The molecule has 3 nitrogen and oxygen atoms in total. The average molecular weight is 220 g/mol. The van der Waals surface area contributed by atoms with Gasteiger partial charge in [-0.15, -0.1) is 0 Å². The first kappa shape index (κ1) is 12.3. The lowest BCUT2D eigenvalue weighted by atomic mass is 10.2. The van der Waals surface area contributed by atoms with Gasteiger partial charge in [0.2, 0.25) is 0 Å². The zero-order valence-corrected chi connectivity index (χ0v) is 9.60. The Labute approximate surface area is 95.7 Å². The zero-order valence-electron chi connectivity index (χ0n) is 9.60. The van der Waals surface area contributed by atoms with Crippen molar-refractivity contribution in [2.45, 2.75) is 13.8 Å². The molecule has 0 aromatic heterocycles. The maximum absolute atomic E-state index is 11.1. The maximum atomic E-state index is 11.1. The number of hydrogen-bond acceptors (Lipinski definition) is 3. The number of carbonyl (C=O) groups is 1. The minimum Gasteiger partial charge on any atom is -0.494 e. The summed E-state index contributed by atoms with van der Waals surface area (Å²) in [4.78, 5) is 11.1. The van der Waals surface area contributed by atoms with Gasteiger partial charge in [-0.3, -0.25) is 0 Å². The Bertz CT molecular complexity index is 352. The van der Waals surface area contributed by atoms with E-state index in [2.05, 4.69) is 0 Å². The van der Waals surface area contributed by atoms with Crippen molar-refractivity contribution in [2.24, 2.45) is 0 Å². The molecule has 0 heterocycles. The van der Waals surface area contributed by atoms with Gasteiger partial charge in [-0.2, -0.15) is 0 Å². The van der Waals surface area contributed by atoms with Gasteiger partial charge in [0, 0.05) is 6.08 Å². The molecule has 0 unspecified atom stereocenters. The van der Waals surface area contributed by atoms with E-state index in [9.17, 15) is 4.79 Å². The van der Waals surface area contributed by atoms with Crippen LogP contribution in [0.2, 0.25) is 0 Å². The highest BCUT2D eigenvalue weighted by Gasteiger charge is 1.95. The summed E-state index contributed by atoms with van der Waals surface area (Å²) in [5, 5.41) is 0. The van der Waals surface area contributed by atoms with Crippen LogP contribution in [0.1, 0.15) is 19.4 Å². The first-order valence-electron chi connectivity index (χ1n) is 5.34. The third-order valence-electron chi connectivity index (χ3n) is 1.89. The Hall–Kier alpha value is -1.77. The van der Waals surface area contributed by atoms with Crippen molar-refractivity contribution in [3.63, 3.8) is 0 Å². The van der Waals surface area contributed by atoms with E-state index in [0.29, 0.717) is 13.2 Å². The molecule has 3 heteroatoms. The lowest BCUT2D eigenvalue weighted by Gasteiger charge is -2.02. The van der Waals surface area contributed by atoms with E-state index in [4.69, 9.17) is 9.47 Å². The number of benzene rings is 1. The minimum atomic E-state index is -0.323. The summed E-state index contributed by atoms with van der Waals surface area (Å²) in [6.07, 6.45) is 3.13. The van der Waals surface area contributed by atoms with E-state index in [1.807, 2.05) is 31.2 Å². The van der Waals surface area contributed by atoms with Crippen molar-refractivity contribution < 1.29 is 14.3 Å². The van der Waals surface area contributed by atoms with E-state index in [1.165, 1.54) is 6.08 Å². The van der Waals surface area contributed by atoms with E-state index >= 15 is 0 Å². The van der Waals surface area contributed by atoms with Crippen LogP contribution in [-0.2, 0) is 9.53 Å². The monoisotopic (exact) mass is 220 g/mol. The Morgan fingerprint density at radius 2 is 1.88 bits per heavy atom. The van der Waals surface area contributed by atoms with Crippen LogP contribution in [0.4, 0.5) is 0 Å². The van der Waals surface area contributed by atoms with E-state index in [1.54, 1.807) is 13.0 Å². The van der Waals surface area contributed by atoms with Crippen molar-refractivity contribution in [3.8, 4) is 5.75 Å². The molecule has 0 N–H and O–H groups in total.